The predicted octanol–water partition coefficient (Wildman–Crippen LogP) is 2.09. The van der Waals surface area contributed by atoms with Gasteiger partial charge in [-0.1, -0.05) is 12.1 Å². The van der Waals surface area contributed by atoms with Crippen molar-refractivity contribution in [3.05, 3.63) is 29.8 Å². The van der Waals surface area contributed by atoms with Gasteiger partial charge in [0.25, 0.3) is 0 Å². The zero-order chi connectivity index (χ0) is 11.5. The second kappa shape index (κ2) is 4.31. The highest BCUT2D eigenvalue weighted by atomic mass is 16.4. The lowest BCUT2D eigenvalue weighted by atomic mass is 9.99. The molecular weight excluding hydrogens is 194 g/mol. The van der Waals surface area contributed by atoms with Crippen LogP contribution in [-0.2, 0) is 6.42 Å². The summed E-state index contributed by atoms with van der Waals surface area (Å²) in [6.07, 6.45) is -0.536. The fourth-order valence-electron chi connectivity index (χ4n) is 1.33. The first kappa shape index (κ1) is 11.5. The molecule has 0 radical (unpaired) electrons. The molecule has 1 amide bonds. The second-order valence-electron chi connectivity index (χ2n) is 4.12. The summed E-state index contributed by atoms with van der Waals surface area (Å²) >= 11 is 0. The van der Waals surface area contributed by atoms with Crippen LogP contribution in [0.2, 0.25) is 0 Å². The van der Waals surface area contributed by atoms with Crippen molar-refractivity contribution in [2.75, 3.05) is 5.32 Å². The smallest absolute Gasteiger partial charge is 0.409 e. The molecular formula is C11H15NO3. The van der Waals surface area contributed by atoms with Crippen molar-refractivity contribution in [3.8, 4) is 0 Å². The van der Waals surface area contributed by atoms with Gasteiger partial charge in [-0.2, -0.15) is 0 Å². The van der Waals surface area contributed by atoms with E-state index in [4.69, 9.17) is 5.11 Å². The van der Waals surface area contributed by atoms with Gasteiger partial charge >= 0.3 is 6.09 Å². The first-order valence-corrected chi connectivity index (χ1v) is 4.68. The zero-order valence-corrected chi connectivity index (χ0v) is 8.82. The molecule has 0 bridgehead atoms. The number of hydrogen-bond donors (Lipinski definition) is 3. The molecule has 1 rings (SSSR count). The predicted molar refractivity (Wildman–Crippen MR) is 58.1 cm³/mol. The van der Waals surface area contributed by atoms with Gasteiger partial charge in [-0.05, 0) is 31.5 Å². The topological polar surface area (TPSA) is 69.6 Å². The monoisotopic (exact) mass is 209 g/mol. The molecule has 0 aliphatic heterocycles. The van der Waals surface area contributed by atoms with E-state index in [9.17, 15) is 9.90 Å². The van der Waals surface area contributed by atoms with E-state index in [0.29, 0.717) is 12.1 Å². The molecule has 0 fully saturated rings. The van der Waals surface area contributed by atoms with Gasteiger partial charge in [0.2, 0.25) is 0 Å². The Balaban J connectivity index is 2.68. The van der Waals surface area contributed by atoms with Crippen molar-refractivity contribution in [2.45, 2.75) is 25.9 Å². The van der Waals surface area contributed by atoms with E-state index in [1.165, 1.54) is 0 Å². The largest absolute Gasteiger partial charge is 0.465 e. The molecule has 4 heteroatoms. The highest BCUT2D eigenvalue weighted by molar-refractivity contribution is 5.82. The summed E-state index contributed by atoms with van der Waals surface area (Å²) in [5.74, 6) is 0. The molecule has 0 atom stereocenters. The quantitative estimate of drug-likeness (QED) is 0.713. The van der Waals surface area contributed by atoms with Gasteiger partial charge in [-0.25, -0.2) is 4.79 Å². The van der Waals surface area contributed by atoms with E-state index in [1.54, 1.807) is 38.1 Å². The van der Waals surface area contributed by atoms with Gasteiger partial charge in [0, 0.05) is 12.1 Å². The first-order chi connectivity index (χ1) is 6.87. The third-order valence-corrected chi connectivity index (χ3v) is 1.84. The van der Waals surface area contributed by atoms with Crippen LogP contribution in [0.3, 0.4) is 0 Å². The van der Waals surface area contributed by atoms with E-state index in [1.807, 2.05) is 0 Å². The Kier molecular flexibility index (Phi) is 3.31. The molecule has 0 unspecified atom stereocenters. The van der Waals surface area contributed by atoms with Crippen molar-refractivity contribution in [1.29, 1.82) is 0 Å². The Labute approximate surface area is 88.6 Å². The van der Waals surface area contributed by atoms with Gasteiger partial charge in [0.1, 0.15) is 0 Å². The lowest BCUT2D eigenvalue weighted by molar-refractivity contribution is 0.0810. The van der Waals surface area contributed by atoms with E-state index < -0.39 is 11.7 Å². The van der Waals surface area contributed by atoms with Crippen LogP contribution in [0.25, 0.3) is 0 Å². The fraction of sp³-hybridized carbons (Fsp3) is 0.364. The maximum absolute atomic E-state index is 10.3. The van der Waals surface area contributed by atoms with Crippen LogP contribution >= 0.6 is 0 Å². The van der Waals surface area contributed by atoms with Gasteiger partial charge in [-0.15, -0.1) is 0 Å². The molecule has 0 heterocycles. The summed E-state index contributed by atoms with van der Waals surface area (Å²) in [6, 6.07) is 6.94. The minimum Gasteiger partial charge on any atom is -0.465 e. The fourth-order valence-corrected chi connectivity index (χ4v) is 1.33. The van der Waals surface area contributed by atoms with E-state index in [-0.39, 0.29) is 0 Å². The highest BCUT2D eigenvalue weighted by Crippen LogP contribution is 2.15. The Bertz CT molecular complexity index is 338. The summed E-state index contributed by atoms with van der Waals surface area (Å²) in [5, 5.41) is 20.3. The Morgan fingerprint density at radius 2 is 1.87 bits per heavy atom. The molecule has 0 saturated heterocycles. The molecule has 15 heavy (non-hydrogen) atoms. The third kappa shape index (κ3) is 4.46. The average molecular weight is 209 g/mol. The van der Waals surface area contributed by atoms with Gasteiger partial charge in [0.15, 0.2) is 0 Å². The highest BCUT2D eigenvalue weighted by Gasteiger charge is 2.12. The third-order valence-electron chi connectivity index (χ3n) is 1.84. The maximum atomic E-state index is 10.3. The number of rotatable bonds is 3. The standard InChI is InChI=1S/C11H15NO3/c1-11(2,15)7-8-3-5-9(6-4-8)12-10(13)14/h3-6,12,15H,7H2,1-2H3,(H,13,14). The molecule has 1 aromatic carbocycles. The van der Waals surface area contributed by atoms with Crippen LogP contribution in [0.15, 0.2) is 24.3 Å². The summed E-state index contributed by atoms with van der Waals surface area (Å²) in [6.45, 7) is 3.47. The van der Waals surface area contributed by atoms with E-state index >= 15 is 0 Å². The van der Waals surface area contributed by atoms with Crippen LogP contribution in [-0.4, -0.2) is 21.9 Å². The van der Waals surface area contributed by atoms with Crippen LogP contribution in [0.4, 0.5) is 10.5 Å². The minimum absolute atomic E-state index is 0.530. The average Bonchev–Trinajstić information content (AvgIpc) is 2.05. The SMILES string of the molecule is CC(C)(O)Cc1ccc(NC(=O)O)cc1. The molecule has 0 aromatic heterocycles. The van der Waals surface area contributed by atoms with Crippen LogP contribution < -0.4 is 5.32 Å². The molecule has 3 N–H and O–H groups in total. The maximum Gasteiger partial charge on any atom is 0.409 e. The van der Waals surface area contributed by atoms with E-state index in [2.05, 4.69) is 5.32 Å². The molecule has 0 saturated carbocycles. The van der Waals surface area contributed by atoms with Gasteiger partial charge < -0.3 is 10.2 Å². The lowest BCUT2D eigenvalue weighted by Crippen LogP contribution is -2.21. The summed E-state index contributed by atoms with van der Waals surface area (Å²) in [4.78, 5) is 10.3. The summed E-state index contributed by atoms with van der Waals surface area (Å²) in [5.41, 5.74) is 0.752. The van der Waals surface area contributed by atoms with Crippen LogP contribution in [0, 0.1) is 0 Å². The summed E-state index contributed by atoms with van der Waals surface area (Å²) in [7, 11) is 0. The Morgan fingerprint density at radius 1 is 1.33 bits per heavy atom. The second-order valence-corrected chi connectivity index (χ2v) is 4.12. The number of anilines is 1. The minimum atomic E-state index is -1.08. The zero-order valence-electron chi connectivity index (χ0n) is 8.82. The number of carboxylic acid groups (broad SMARTS) is 1. The number of benzene rings is 1. The van der Waals surface area contributed by atoms with Crippen molar-refractivity contribution in [2.24, 2.45) is 0 Å². The molecule has 0 spiro atoms. The molecule has 1 aromatic rings. The molecule has 4 nitrogen and oxygen atoms in total. The van der Waals surface area contributed by atoms with Crippen molar-refractivity contribution in [3.63, 3.8) is 0 Å². The van der Waals surface area contributed by atoms with Crippen LogP contribution in [0.5, 0.6) is 0 Å². The number of amides is 1. The lowest BCUT2D eigenvalue weighted by Gasteiger charge is -2.16. The number of carbonyl (C=O) groups is 1. The van der Waals surface area contributed by atoms with Crippen molar-refractivity contribution in [1.82, 2.24) is 0 Å². The number of aliphatic hydroxyl groups is 1. The number of nitrogens with one attached hydrogen (secondary N) is 1. The Morgan fingerprint density at radius 3 is 2.27 bits per heavy atom. The summed E-state index contributed by atoms with van der Waals surface area (Å²) < 4.78 is 0. The van der Waals surface area contributed by atoms with Crippen LogP contribution in [0.1, 0.15) is 19.4 Å². The molecule has 0 aliphatic carbocycles. The van der Waals surface area contributed by atoms with E-state index in [0.717, 1.165) is 5.56 Å². The molecule has 0 aliphatic rings. The normalized spacial score (nSPS) is 11.1. The molecule has 82 valence electrons. The Hall–Kier alpha value is -1.55. The van der Waals surface area contributed by atoms with Crippen molar-refractivity contribution < 1.29 is 15.0 Å². The van der Waals surface area contributed by atoms with Crippen molar-refractivity contribution >= 4 is 11.8 Å². The van der Waals surface area contributed by atoms with Gasteiger partial charge in [-0.3, -0.25) is 5.32 Å². The van der Waals surface area contributed by atoms with Gasteiger partial charge in [0.05, 0.1) is 5.60 Å². The first-order valence-electron chi connectivity index (χ1n) is 4.68. The number of hydrogen-bond acceptors (Lipinski definition) is 2.